The number of benzene rings is 1. The molecule has 8 heteroatoms. The maximum Gasteiger partial charge on any atom is 0.255 e. The molecule has 2 fully saturated rings. The molecule has 0 aromatic heterocycles. The van der Waals surface area contributed by atoms with Gasteiger partial charge in [-0.1, -0.05) is 0 Å². The van der Waals surface area contributed by atoms with Crippen LogP contribution in [0.1, 0.15) is 28.8 Å². The molecule has 4 rings (SSSR count). The average Bonchev–Trinajstić information content (AvgIpc) is 2.80. The normalized spacial score (nSPS) is 23.8. The van der Waals surface area contributed by atoms with Crippen molar-refractivity contribution in [3.05, 3.63) is 29.1 Å². The number of carbonyl (C=O) groups excluding carboxylic acids is 3. The molecule has 126 valence electrons. The lowest BCUT2D eigenvalue weighted by atomic mass is 10.0. The molecule has 0 radical (unpaired) electrons. The highest BCUT2D eigenvalue weighted by Gasteiger charge is 2.39. The van der Waals surface area contributed by atoms with Gasteiger partial charge in [-0.05, 0) is 24.1 Å². The quantitative estimate of drug-likeness (QED) is 0.677. The van der Waals surface area contributed by atoms with Crippen LogP contribution in [0.15, 0.2) is 12.1 Å². The first-order valence-corrected chi connectivity index (χ1v) is 7.97. The van der Waals surface area contributed by atoms with Crippen molar-refractivity contribution in [3.8, 4) is 0 Å². The molecular weight excluding hydrogens is 315 g/mol. The van der Waals surface area contributed by atoms with E-state index in [-0.39, 0.29) is 36.4 Å². The van der Waals surface area contributed by atoms with Crippen LogP contribution >= 0.6 is 0 Å². The number of nitrogens with zero attached hydrogens (tertiary/aromatic N) is 1. The predicted octanol–water partition coefficient (Wildman–Crippen LogP) is -0.0296. The van der Waals surface area contributed by atoms with Crippen molar-refractivity contribution in [2.75, 3.05) is 18.4 Å². The lowest BCUT2D eigenvalue weighted by Gasteiger charge is -2.29. The van der Waals surface area contributed by atoms with E-state index in [1.165, 1.54) is 11.0 Å². The molecule has 3 N–H and O–H groups in total. The first kappa shape index (κ1) is 15.1. The summed E-state index contributed by atoms with van der Waals surface area (Å²) in [5.41, 5.74) is 1.36. The zero-order valence-corrected chi connectivity index (χ0v) is 12.9. The lowest BCUT2D eigenvalue weighted by Crippen LogP contribution is -2.52. The highest BCUT2D eigenvalue weighted by Crippen LogP contribution is 2.31. The van der Waals surface area contributed by atoms with Crippen LogP contribution in [-0.2, 0) is 16.1 Å². The van der Waals surface area contributed by atoms with E-state index in [0.29, 0.717) is 17.7 Å². The van der Waals surface area contributed by atoms with Gasteiger partial charge >= 0.3 is 0 Å². The van der Waals surface area contributed by atoms with Gasteiger partial charge in [0.15, 0.2) is 0 Å². The molecule has 3 heterocycles. The van der Waals surface area contributed by atoms with E-state index in [0.717, 1.165) is 13.1 Å². The van der Waals surface area contributed by atoms with Gasteiger partial charge in [-0.3, -0.25) is 19.7 Å². The fourth-order valence-corrected chi connectivity index (χ4v) is 3.31. The first-order valence-electron chi connectivity index (χ1n) is 7.97. The Morgan fingerprint density at radius 1 is 1.21 bits per heavy atom. The third kappa shape index (κ3) is 2.43. The third-order valence-electron chi connectivity index (χ3n) is 4.75. The van der Waals surface area contributed by atoms with Gasteiger partial charge in [0.1, 0.15) is 11.9 Å². The van der Waals surface area contributed by atoms with E-state index < -0.39 is 17.8 Å². The second kappa shape index (κ2) is 5.55. The Labute approximate surface area is 137 Å². The van der Waals surface area contributed by atoms with Gasteiger partial charge in [-0.2, -0.15) is 0 Å². The largest absolute Gasteiger partial charge is 0.377 e. The molecule has 3 aliphatic rings. The molecule has 2 saturated heterocycles. The number of anilines is 1. The molecule has 1 aromatic rings. The highest BCUT2D eigenvalue weighted by molar-refractivity contribution is 6.05. The Hall–Kier alpha value is -2.48. The van der Waals surface area contributed by atoms with Crippen LogP contribution in [0.5, 0.6) is 0 Å². The first-order chi connectivity index (χ1) is 11.5. The van der Waals surface area contributed by atoms with Crippen LogP contribution in [0.3, 0.4) is 0 Å². The summed E-state index contributed by atoms with van der Waals surface area (Å²) in [6, 6.07) is 2.38. The van der Waals surface area contributed by atoms with Crippen LogP contribution in [-0.4, -0.2) is 47.8 Å². The summed E-state index contributed by atoms with van der Waals surface area (Å²) in [6.45, 7) is 1.80. The van der Waals surface area contributed by atoms with Crippen molar-refractivity contribution in [3.63, 3.8) is 0 Å². The number of nitrogens with one attached hydrogen (secondary N) is 3. The van der Waals surface area contributed by atoms with Crippen molar-refractivity contribution < 1.29 is 18.8 Å². The molecule has 24 heavy (non-hydrogen) atoms. The number of hydrogen-bond donors (Lipinski definition) is 3. The van der Waals surface area contributed by atoms with Crippen molar-refractivity contribution in [2.24, 2.45) is 0 Å². The summed E-state index contributed by atoms with van der Waals surface area (Å²) in [6.07, 6.45) is 0.498. The number of carbonyl (C=O) groups is 3. The number of piperidine rings is 1. The number of imide groups is 1. The monoisotopic (exact) mass is 332 g/mol. The second-order valence-corrected chi connectivity index (χ2v) is 6.39. The number of hydrogen-bond acceptors (Lipinski definition) is 5. The van der Waals surface area contributed by atoms with Crippen LogP contribution < -0.4 is 16.0 Å². The SMILES string of the molecule is O=C1CCC(N2Cc3cc(NC4CNC4)c(F)cc3C2=O)C(=O)N1. The molecule has 1 unspecified atom stereocenters. The predicted molar refractivity (Wildman–Crippen MR) is 82.7 cm³/mol. The van der Waals surface area contributed by atoms with E-state index in [2.05, 4.69) is 16.0 Å². The summed E-state index contributed by atoms with van der Waals surface area (Å²) < 4.78 is 14.3. The summed E-state index contributed by atoms with van der Waals surface area (Å²) >= 11 is 0. The molecule has 7 nitrogen and oxygen atoms in total. The maximum atomic E-state index is 14.3. The summed E-state index contributed by atoms with van der Waals surface area (Å²) in [4.78, 5) is 37.2. The van der Waals surface area contributed by atoms with E-state index in [1.807, 2.05) is 0 Å². The number of amides is 3. The van der Waals surface area contributed by atoms with Gasteiger partial charge in [0.2, 0.25) is 11.8 Å². The second-order valence-electron chi connectivity index (χ2n) is 6.39. The smallest absolute Gasteiger partial charge is 0.255 e. The molecule has 3 aliphatic heterocycles. The molecule has 1 aromatic carbocycles. The van der Waals surface area contributed by atoms with Crippen molar-refractivity contribution in [1.82, 2.24) is 15.5 Å². The van der Waals surface area contributed by atoms with Crippen LogP contribution in [0.2, 0.25) is 0 Å². The summed E-state index contributed by atoms with van der Waals surface area (Å²) in [5, 5.41) is 8.46. The lowest BCUT2D eigenvalue weighted by molar-refractivity contribution is -0.136. The Morgan fingerprint density at radius 3 is 2.67 bits per heavy atom. The summed E-state index contributed by atoms with van der Waals surface area (Å²) in [7, 11) is 0. The Balaban J connectivity index is 1.57. The summed E-state index contributed by atoms with van der Waals surface area (Å²) in [5.74, 6) is -1.63. The van der Waals surface area contributed by atoms with Crippen LogP contribution in [0.4, 0.5) is 10.1 Å². The van der Waals surface area contributed by atoms with Crippen LogP contribution in [0.25, 0.3) is 0 Å². The zero-order chi connectivity index (χ0) is 16.8. The fraction of sp³-hybridized carbons (Fsp3) is 0.438. The third-order valence-corrected chi connectivity index (χ3v) is 4.75. The molecule has 3 amide bonds. The van der Waals surface area contributed by atoms with E-state index in [1.54, 1.807) is 6.07 Å². The Morgan fingerprint density at radius 2 is 2.00 bits per heavy atom. The maximum absolute atomic E-state index is 14.3. The van der Waals surface area contributed by atoms with Crippen LogP contribution in [0, 0.1) is 5.82 Å². The topological polar surface area (TPSA) is 90.5 Å². The van der Waals surface area contributed by atoms with E-state index in [4.69, 9.17) is 0 Å². The Bertz CT molecular complexity index is 747. The van der Waals surface area contributed by atoms with Gasteiger partial charge in [-0.25, -0.2) is 4.39 Å². The van der Waals surface area contributed by atoms with Gasteiger partial charge in [0, 0.05) is 31.6 Å². The molecule has 0 bridgehead atoms. The number of rotatable bonds is 3. The number of fused-ring (bicyclic) bond motifs is 1. The van der Waals surface area contributed by atoms with Gasteiger partial charge in [0.25, 0.3) is 5.91 Å². The highest BCUT2D eigenvalue weighted by atomic mass is 19.1. The molecule has 0 saturated carbocycles. The fourth-order valence-electron chi connectivity index (χ4n) is 3.31. The van der Waals surface area contributed by atoms with E-state index >= 15 is 0 Å². The van der Waals surface area contributed by atoms with Gasteiger partial charge in [-0.15, -0.1) is 0 Å². The minimum atomic E-state index is -0.682. The molecule has 1 atom stereocenters. The van der Waals surface area contributed by atoms with Crippen molar-refractivity contribution in [2.45, 2.75) is 31.5 Å². The molecule has 0 aliphatic carbocycles. The molecular formula is C16H17FN4O3. The van der Waals surface area contributed by atoms with Crippen molar-refractivity contribution >= 4 is 23.4 Å². The minimum absolute atomic E-state index is 0.181. The van der Waals surface area contributed by atoms with E-state index in [9.17, 15) is 18.8 Å². The van der Waals surface area contributed by atoms with Gasteiger partial charge in [0.05, 0.1) is 11.7 Å². The average molecular weight is 332 g/mol. The van der Waals surface area contributed by atoms with Gasteiger partial charge < -0.3 is 15.5 Å². The Kier molecular flexibility index (Phi) is 3.49. The molecule has 0 spiro atoms. The number of halogens is 1. The standard InChI is InChI=1S/C16H17FN4O3/c17-11-4-10-8(3-12(11)19-9-5-18-6-9)7-21(16(10)24)13-1-2-14(22)20-15(13)23/h3-4,9,13,18-19H,1-2,5-7H2,(H,20,22,23). The van der Waals surface area contributed by atoms with Crippen molar-refractivity contribution in [1.29, 1.82) is 0 Å². The minimum Gasteiger partial charge on any atom is -0.377 e. The zero-order valence-electron chi connectivity index (χ0n) is 12.9.